The topological polar surface area (TPSA) is 60.0 Å². The van der Waals surface area contributed by atoms with Gasteiger partial charge in [0.05, 0.1) is 6.54 Å². The molecular formula is C19H30FN5O. The molecule has 0 aliphatic carbocycles. The van der Waals surface area contributed by atoms with Crippen molar-refractivity contribution in [2.75, 3.05) is 50.7 Å². The van der Waals surface area contributed by atoms with Crippen molar-refractivity contribution < 1.29 is 9.18 Å². The van der Waals surface area contributed by atoms with Crippen molar-refractivity contribution in [1.29, 1.82) is 0 Å². The van der Waals surface area contributed by atoms with Crippen molar-refractivity contribution in [3.8, 4) is 0 Å². The normalized spacial score (nSPS) is 15.3. The van der Waals surface area contributed by atoms with Gasteiger partial charge in [-0.05, 0) is 31.2 Å². The SMILES string of the molecule is CCNC(=NCCNC(=O)C(C)C)N1CCN(c2ccc(F)cc2)CC1. The van der Waals surface area contributed by atoms with E-state index in [-0.39, 0.29) is 17.6 Å². The van der Waals surface area contributed by atoms with Crippen LogP contribution in [-0.4, -0.2) is 62.6 Å². The van der Waals surface area contributed by atoms with Crippen LogP contribution in [0.2, 0.25) is 0 Å². The molecule has 0 saturated carbocycles. The van der Waals surface area contributed by atoms with Crippen molar-refractivity contribution in [2.24, 2.45) is 10.9 Å². The van der Waals surface area contributed by atoms with E-state index >= 15 is 0 Å². The lowest BCUT2D eigenvalue weighted by atomic mass is 10.2. The smallest absolute Gasteiger partial charge is 0.222 e. The first-order chi connectivity index (χ1) is 12.5. The molecule has 1 aliphatic rings. The fourth-order valence-corrected chi connectivity index (χ4v) is 2.80. The first kappa shape index (κ1) is 20.0. The number of piperazine rings is 1. The first-order valence-electron chi connectivity index (χ1n) is 9.32. The number of rotatable bonds is 6. The quantitative estimate of drug-likeness (QED) is 0.459. The second kappa shape index (κ2) is 9.99. The molecule has 1 fully saturated rings. The number of halogens is 1. The van der Waals surface area contributed by atoms with E-state index in [4.69, 9.17) is 0 Å². The molecule has 2 N–H and O–H groups in total. The lowest BCUT2D eigenvalue weighted by Crippen LogP contribution is -2.52. The molecule has 1 amide bonds. The molecule has 7 heteroatoms. The van der Waals surface area contributed by atoms with Crippen LogP contribution in [0.4, 0.5) is 10.1 Å². The highest BCUT2D eigenvalue weighted by Crippen LogP contribution is 2.16. The van der Waals surface area contributed by atoms with E-state index < -0.39 is 0 Å². The summed E-state index contributed by atoms with van der Waals surface area (Å²) in [6, 6.07) is 6.64. The van der Waals surface area contributed by atoms with Gasteiger partial charge in [0.2, 0.25) is 5.91 Å². The molecule has 26 heavy (non-hydrogen) atoms. The summed E-state index contributed by atoms with van der Waals surface area (Å²) in [6.07, 6.45) is 0. The third-order valence-corrected chi connectivity index (χ3v) is 4.30. The Morgan fingerprint density at radius 3 is 2.38 bits per heavy atom. The van der Waals surface area contributed by atoms with Gasteiger partial charge in [0, 0.05) is 50.9 Å². The predicted octanol–water partition coefficient (Wildman–Crippen LogP) is 1.69. The number of hydrogen-bond donors (Lipinski definition) is 2. The third kappa shape index (κ3) is 5.89. The molecule has 0 radical (unpaired) electrons. The molecule has 0 bridgehead atoms. The Morgan fingerprint density at radius 2 is 1.81 bits per heavy atom. The minimum atomic E-state index is -0.210. The van der Waals surface area contributed by atoms with Crippen LogP contribution in [0.3, 0.4) is 0 Å². The number of carbonyl (C=O) groups excluding carboxylic acids is 1. The maximum Gasteiger partial charge on any atom is 0.222 e. The zero-order valence-corrected chi connectivity index (χ0v) is 16.0. The average Bonchev–Trinajstić information content (AvgIpc) is 2.65. The van der Waals surface area contributed by atoms with Gasteiger partial charge in [-0.2, -0.15) is 0 Å². The summed E-state index contributed by atoms with van der Waals surface area (Å²) in [5.41, 5.74) is 1.05. The Morgan fingerprint density at radius 1 is 1.15 bits per heavy atom. The zero-order chi connectivity index (χ0) is 18.9. The standard InChI is InChI=1S/C19H30FN5O/c1-4-21-19(23-10-9-22-18(26)15(2)3)25-13-11-24(12-14-25)17-7-5-16(20)6-8-17/h5-8,15H,4,9-14H2,1-3H3,(H,21,23)(H,22,26). The summed E-state index contributed by atoms with van der Waals surface area (Å²) in [6.45, 7) is 11.1. The number of benzene rings is 1. The van der Waals surface area contributed by atoms with E-state index in [1.165, 1.54) is 12.1 Å². The van der Waals surface area contributed by atoms with Crippen LogP contribution in [-0.2, 0) is 4.79 Å². The molecule has 0 aromatic heterocycles. The van der Waals surface area contributed by atoms with Crippen LogP contribution in [0.15, 0.2) is 29.3 Å². The Labute approximate surface area is 155 Å². The Hall–Kier alpha value is -2.31. The van der Waals surface area contributed by atoms with Crippen molar-refractivity contribution in [1.82, 2.24) is 15.5 Å². The summed E-state index contributed by atoms with van der Waals surface area (Å²) in [5, 5.41) is 6.20. The molecule has 1 aromatic rings. The summed E-state index contributed by atoms with van der Waals surface area (Å²) < 4.78 is 13.1. The van der Waals surface area contributed by atoms with Gasteiger partial charge in [-0.15, -0.1) is 0 Å². The van der Waals surface area contributed by atoms with Crippen LogP contribution in [0.5, 0.6) is 0 Å². The molecule has 0 unspecified atom stereocenters. The average molecular weight is 363 g/mol. The zero-order valence-electron chi connectivity index (χ0n) is 16.0. The van der Waals surface area contributed by atoms with Crippen LogP contribution in [0, 0.1) is 11.7 Å². The number of guanidine groups is 1. The van der Waals surface area contributed by atoms with Crippen molar-refractivity contribution in [2.45, 2.75) is 20.8 Å². The molecule has 0 atom stereocenters. The van der Waals surface area contributed by atoms with Crippen LogP contribution in [0.25, 0.3) is 0 Å². The molecule has 6 nitrogen and oxygen atoms in total. The minimum Gasteiger partial charge on any atom is -0.368 e. The van der Waals surface area contributed by atoms with E-state index in [1.54, 1.807) is 0 Å². The fourth-order valence-electron chi connectivity index (χ4n) is 2.80. The van der Waals surface area contributed by atoms with Crippen LogP contribution >= 0.6 is 0 Å². The maximum absolute atomic E-state index is 13.1. The largest absolute Gasteiger partial charge is 0.368 e. The highest BCUT2D eigenvalue weighted by atomic mass is 19.1. The summed E-state index contributed by atoms with van der Waals surface area (Å²) in [5.74, 6) is 0.716. The molecule has 1 heterocycles. The number of amides is 1. The van der Waals surface area contributed by atoms with Gasteiger partial charge in [-0.3, -0.25) is 9.79 Å². The molecule has 2 rings (SSSR count). The minimum absolute atomic E-state index is 0.00763. The molecule has 1 aliphatic heterocycles. The Bertz CT molecular complexity index is 594. The third-order valence-electron chi connectivity index (χ3n) is 4.30. The van der Waals surface area contributed by atoms with Crippen molar-refractivity contribution in [3.05, 3.63) is 30.1 Å². The number of aliphatic imine (C=N–C) groups is 1. The number of nitrogens with zero attached hydrogens (tertiary/aromatic N) is 3. The summed E-state index contributed by atoms with van der Waals surface area (Å²) in [7, 11) is 0. The van der Waals surface area contributed by atoms with Gasteiger partial charge >= 0.3 is 0 Å². The van der Waals surface area contributed by atoms with Gasteiger partial charge in [0.15, 0.2) is 5.96 Å². The van der Waals surface area contributed by atoms with Crippen LogP contribution in [0.1, 0.15) is 20.8 Å². The molecule has 0 spiro atoms. The fraction of sp³-hybridized carbons (Fsp3) is 0.579. The lowest BCUT2D eigenvalue weighted by molar-refractivity contribution is -0.123. The second-order valence-electron chi connectivity index (χ2n) is 6.63. The van der Waals surface area contributed by atoms with E-state index in [0.29, 0.717) is 13.1 Å². The summed E-state index contributed by atoms with van der Waals surface area (Å²) >= 11 is 0. The van der Waals surface area contributed by atoms with E-state index in [0.717, 1.165) is 44.4 Å². The number of carbonyl (C=O) groups is 1. The van der Waals surface area contributed by atoms with Gasteiger partial charge in [0.1, 0.15) is 5.82 Å². The second-order valence-corrected chi connectivity index (χ2v) is 6.63. The maximum atomic E-state index is 13.1. The van der Waals surface area contributed by atoms with Crippen LogP contribution < -0.4 is 15.5 Å². The van der Waals surface area contributed by atoms with Crippen molar-refractivity contribution >= 4 is 17.6 Å². The van der Waals surface area contributed by atoms with Gasteiger partial charge < -0.3 is 20.4 Å². The predicted molar refractivity (Wildman–Crippen MR) is 104 cm³/mol. The monoisotopic (exact) mass is 363 g/mol. The van der Waals surface area contributed by atoms with E-state index in [1.807, 2.05) is 32.9 Å². The molecule has 1 saturated heterocycles. The number of anilines is 1. The Kier molecular flexibility index (Phi) is 7.69. The highest BCUT2D eigenvalue weighted by molar-refractivity contribution is 5.80. The van der Waals surface area contributed by atoms with Crippen molar-refractivity contribution in [3.63, 3.8) is 0 Å². The molecular weight excluding hydrogens is 333 g/mol. The van der Waals surface area contributed by atoms with E-state index in [2.05, 4.69) is 25.4 Å². The summed E-state index contributed by atoms with van der Waals surface area (Å²) in [4.78, 5) is 20.7. The first-order valence-corrected chi connectivity index (χ1v) is 9.32. The lowest BCUT2D eigenvalue weighted by Gasteiger charge is -2.37. The van der Waals surface area contributed by atoms with Gasteiger partial charge in [-0.1, -0.05) is 13.8 Å². The number of nitrogens with one attached hydrogen (secondary N) is 2. The highest BCUT2D eigenvalue weighted by Gasteiger charge is 2.19. The molecule has 144 valence electrons. The van der Waals surface area contributed by atoms with Gasteiger partial charge in [0.25, 0.3) is 0 Å². The van der Waals surface area contributed by atoms with E-state index in [9.17, 15) is 9.18 Å². The van der Waals surface area contributed by atoms with Gasteiger partial charge in [-0.25, -0.2) is 4.39 Å². The Balaban J connectivity index is 1.85. The number of hydrogen-bond acceptors (Lipinski definition) is 3. The molecule has 1 aromatic carbocycles.